The molecule has 0 unspecified atom stereocenters. The maximum atomic E-state index is 12.1. The van der Waals surface area contributed by atoms with E-state index in [2.05, 4.69) is 5.32 Å². The maximum absolute atomic E-state index is 12.1. The lowest BCUT2D eigenvalue weighted by Gasteiger charge is -2.08. The quantitative estimate of drug-likeness (QED) is 0.558. The highest BCUT2D eigenvalue weighted by molar-refractivity contribution is 7.91. The third-order valence-corrected chi connectivity index (χ3v) is 5.69. The summed E-state index contributed by atoms with van der Waals surface area (Å²) in [6.45, 7) is 1.58. The highest BCUT2D eigenvalue weighted by atomic mass is 32.2. The number of aromatic hydroxyl groups is 1. The summed E-state index contributed by atoms with van der Waals surface area (Å²) in [5.74, 6) is -1.27. The average Bonchev–Trinajstić information content (AvgIpc) is 3.01. The van der Waals surface area contributed by atoms with Crippen LogP contribution in [0, 0.1) is 0 Å². The fourth-order valence-electron chi connectivity index (χ4n) is 1.71. The van der Waals surface area contributed by atoms with Crippen LogP contribution in [0.3, 0.4) is 0 Å². The Labute approximate surface area is 142 Å². The molecule has 2 aromatic rings. The molecule has 10 heteroatoms. The maximum Gasteiger partial charge on any atom is 0.269 e. The van der Waals surface area contributed by atoms with Crippen LogP contribution in [-0.2, 0) is 21.4 Å². The van der Waals surface area contributed by atoms with Crippen LogP contribution in [0.2, 0.25) is 0 Å². The summed E-state index contributed by atoms with van der Waals surface area (Å²) >= 11 is 0.967. The van der Waals surface area contributed by atoms with Crippen molar-refractivity contribution in [1.29, 1.82) is 0 Å². The van der Waals surface area contributed by atoms with Crippen molar-refractivity contribution >= 4 is 33.2 Å². The Morgan fingerprint density at radius 1 is 1.17 bits per heavy atom. The van der Waals surface area contributed by atoms with Gasteiger partial charge in [0.1, 0.15) is 9.96 Å². The lowest BCUT2D eigenvalue weighted by atomic mass is 10.2. The van der Waals surface area contributed by atoms with Gasteiger partial charge in [0.2, 0.25) is 5.91 Å². The number of phenols is 1. The van der Waals surface area contributed by atoms with Gasteiger partial charge < -0.3 is 10.4 Å². The number of benzene rings is 1. The molecule has 2 amide bonds. The second kappa shape index (κ2) is 7.43. The minimum Gasteiger partial charge on any atom is -0.507 e. The number of nitrogens with one attached hydrogen (secondary N) is 3. The van der Waals surface area contributed by atoms with Gasteiger partial charge in [-0.25, -0.2) is 8.42 Å². The molecule has 0 saturated carbocycles. The number of phenolic OH excluding ortho intramolecular Hbond substituents is 1. The van der Waals surface area contributed by atoms with E-state index in [1.54, 1.807) is 12.1 Å². The standard InChI is InChI=1S/C14H15N3O5S2/c1-9(18)15-8-10-6-7-13(23-10)24(21,22)17-16-14(20)11-4-2-3-5-12(11)19/h2-7,17,19H,8H2,1H3,(H,15,18)(H,16,20). The zero-order chi connectivity index (χ0) is 17.7. The second-order valence-corrected chi connectivity index (χ2v) is 7.78. The number of hydrogen-bond acceptors (Lipinski definition) is 6. The summed E-state index contributed by atoms with van der Waals surface area (Å²) in [5, 5.41) is 12.1. The molecule has 0 aliphatic carbocycles. The van der Waals surface area contributed by atoms with Gasteiger partial charge in [0.05, 0.1) is 12.1 Å². The lowest BCUT2D eigenvalue weighted by molar-refractivity contribution is -0.119. The smallest absolute Gasteiger partial charge is 0.269 e. The van der Waals surface area contributed by atoms with Crippen molar-refractivity contribution in [2.75, 3.05) is 0 Å². The zero-order valence-electron chi connectivity index (χ0n) is 12.6. The number of carbonyl (C=O) groups is 2. The van der Waals surface area contributed by atoms with Gasteiger partial charge in [0, 0.05) is 11.8 Å². The van der Waals surface area contributed by atoms with Crippen molar-refractivity contribution in [3.63, 3.8) is 0 Å². The van der Waals surface area contributed by atoms with Crippen LogP contribution < -0.4 is 15.6 Å². The molecule has 128 valence electrons. The molecule has 0 bridgehead atoms. The third-order valence-electron chi connectivity index (χ3n) is 2.86. The van der Waals surface area contributed by atoms with E-state index >= 15 is 0 Å². The average molecular weight is 369 g/mol. The first-order valence-corrected chi connectivity index (χ1v) is 9.03. The van der Waals surface area contributed by atoms with Gasteiger partial charge in [-0.05, 0) is 24.3 Å². The van der Waals surface area contributed by atoms with Crippen LogP contribution in [0.4, 0.5) is 0 Å². The minimum absolute atomic E-state index is 0.0135. The van der Waals surface area contributed by atoms with Crippen molar-refractivity contribution in [3.05, 3.63) is 46.8 Å². The monoisotopic (exact) mass is 369 g/mol. The molecular formula is C14H15N3O5S2. The van der Waals surface area contributed by atoms with E-state index in [1.807, 2.05) is 10.3 Å². The van der Waals surface area contributed by atoms with Crippen LogP contribution in [0.15, 0.2) is 40.6 Å². The van der Waals surface area contributed by atoms with Gasteiger partial charge in [-0.15, -0.1) is 16.2 Å². The fraction of sp³-hybridized carbons (Fsp3) is 0.143. The van der Waals surface area contributed by atoms with E-state index in [9.17, 15) is 23.1 Å². The lowest BCUT2D eigenvalue weighted by Crippen LogP contribution is -2.41. The Hall–Kier alpha value is -2.43. The largest absolute Gasteiger partial charge is 0.507 e. The van der Waals surface area contributed by atoms with Crippen molar-refractivity contribution in [1.82, 2.24) is 15.6 Å². The summed E-state index contributed by atoms with van der Waals surface area (Å²) in [6.07, 6.45) is 0. The Morgan fingerprint density at radius 2 is 1.88 bits per heavy atom. The molecule has 2 rings (SSSR count). The number of rotatable bonds is 6. The molecule has 0 fully saturated rings. The van der Waals surface area contributed by atoms with Gasteiger partial charge in [-0.3, -0.25) is 15.0 Å². The third kappa shape index (κ3) is 4.54. The van der Waals surface area contributed by atoms with E-state index in [0.717, 1.165) is 11.3 Å². The van der Waals surface area contributed by atoms with E-state index in [-0.39, 0.29) is 28.0 Å². The first-order chi connectivity index (χ1) is 11.3. The first kappa shape index (κ1) is 17.9. The zero-order valence-corrected chi connectivity index (χ0v) is 14.2. The highest BCUT2D eigenvalue weighted by Crippen LogP contribution is 2.21. The number of sulfonamides is 1. The summed E-state index contributed by atoms with van der Waals surface area (Å²) < 4.78 is 24.3. The Morgan fingerprint density at radius 3 is 2.54 bits per heavy atom. The summed E-state index contributed by atoms with van der Waals surface area (Å²) in [4.78, 5) is 25.4. The number of para-hydroxylation sites is 1. The molecule has 0 aliphatic heterocycles. The summed E-state index contributed by atoms with van der Waals surface area (Å²) in [5.41, 5.74) is 1.98. The molecule has 0 saturated heterocycles. The molecule has 1 aromatic carbocycles. The number of carbonyl (C=O) groups excluding carboxylic acids is 2. The number of hydrazine groups is 1. The molecular weight excluding hydrogens is 354 g/mol. The van der Waals surface area contributed by atoms with Crippen LogP contribution in [0.5, 0.6) is 5.75 Å². The molecule has 0 spiro atoms. The van der Waals surface area contributed by atoms with Crippen LogP contribution in [0.1, 0.15) is 22.2 Å². The molecule has 1 aromatic heterocycles. The Balaban J connectivity index is 2.02. The molecule has 0 aliphatic rings. The molecule has 0 atom stereocenters. The molecule has 4 N–H and O–H groups in total. The number of hydrogen-bond donors (Lipinski definition) is 4. The number of thiophene rings is 1. The molecule has 0 radical (unpaired) electrons. The van der Waals surface area contributed by atoms with E-state index in [0.29, 0.717) is 4.88 Å². The highest BCUT2D eigenvalue weighted by Gasteiger charge is 2.19. The normalized spacial score (nSPS) is 11.0. The second-order valence-electron chi connectivity index (χ2n) is 4.71. The van der Waals surface area contributed by atoms with Gasteiger partial charge in [-0.1, -0.05) is 12.1 Å². The van der Waals surface area contributed by atoms with Crippen LogP contribution in [-0.4, -0.2) is 25.3 Å². The van der Waals surface area contributed by atoms with Crippen molar-refractivity contribution in [2.24, 2.45) is 0 Å². The van der Waals surface area contributed by atoms with Gasteiger partial charge in [0.15, 0.2) is 0 Å². The summed E-state index contributed by atoms with van der Waals surface area (Å²) in [6, 6.07) is 8.69. The van der Waals surface area contributed by atoms with E-state index < -0.39 is 15.9 Å². The van der Waals surface area contributed by atoms with Crippen molar-refractivity contribution in [3.8, 4) is 5.75 Å². The minimum atomic E-state index is -3.95. The molecule has 8 nitrogen and oxygen atoms in total. The van der Waals surface area contributed by atoms with Crippen LogP contribution >= 0.6 is 11.3 Å². The van der Waals surface area contributed by atoms with Crippen LogP contribution in [0.25, 0.3) is 0 Å². The predicted octanol–water partition coefficient (Wildman–Crippen LogP) is 0.713. The van der Waals surface area contributed by atoms with Gasteiger partial charge in [-0.2, -0.15) is 0 Å². The molecule has 24 heavy (non-hydrogen) atoms. The number of amides is 2. The van der Waals surface area contributed by atoms with E-state index in [1.165, 1.54) is 31.2 Å². The topological polar surface area (TPSA) is 125 Å². The summed E-state index contributed by atoms with van der Waals surface area (Å²) in [7, 11) is -3.95. The Kier molecular flexibility index (Phi) is 5.54. The first-order valence-electron chi connectivity index (χ1n) is 6.73. The van der Waals surface area contributed by atoms with Crippen molar-refractivity contribution < 1.29 is 23.1 Å². The van der Waals surface area contributed by atoms with Gasteiger partial charge in [0.25, 0.3) is 15.9 Å². The van der Waals surface area contributed by atoms with Crippen molar-refractivity contribution in [2.45, 2.75) is 17.7 Å². The van der Waals surface area contributed by atoms with Gasteiger partial charge >= 0.3 is 0 Å². The Bertz CT molecular complexity index is 861. The predicted molar refractivity (Wildman–Crippen MR) is 87.7 cm³/mol. The fourth-order valence-corrected chi connectivity index (χ4v) is 3.84. The molecule has 1 heterocycles. The SMILES string of the molecule is CC(=O)NCc1ccc(S(=O)(=O)NNC(=O)c2ccccc2O)s1. The van der Waals surface area contributed by atoms with E-state index in [4.69, 9.17) is 0 Å².